The molecule has 88 valence electrons. The van der Waals surface area contributed by atoms with E-state index in [-0.39, 0.29) is 0 Å². The van der Waals surface area contributed by atoms with Crippen LogP contribution in [0.25, 0.3) is 0 Å². The van der Waals surface area contributed by atoms with Gasteiger partial charge in [-0.25, -0.2) is 0 Å². The van der Waals surface area contributed by atoms with E-state index >= 15 is 0 Å². The molecule has 0 amide bonds. The first kappa shape index (κ1) is 10.3. The van der Waals surface area contributed by atoms with Crippen molar-refractivity contribution < 1.29 is 0 Å². The summed E-state index contributed by atoms with van der Waals surface area (Å²) in [5.74, 6) is 0.810. The zero-order valence-corrected chi connectivity index (χ0v) is 9.86. The van der Waals surface area contributed by atoms with E-state index in [0.717, 1.165) is 12.5 Å². The Balaban J connectivity index is 1.65. The Kier molecular flexibility index (Phi) is 2.72. The lowest BCUT2D eigenvalue weighted by atomic mass is 9.86. The third kappa shape index (κ3) is 1.88. The van der Waals surface area contributed by atoms with Crippen LogP contribution in [-0.2, 0) is 19.4 Å². The molecule has 2 N–H and O–H groups in total. The molecule has 2 aliphatic rings. The van der Waals surface area contributed by atoms with Crippen LogP contribution in [0.5, 0.6) is 0 Å². The number of hydrogen-bond acceptors (Lipinski definition) is 2. The number of nitrogens with zero attached hydrogens (tertiary/aromatic N) is 2. The summed E-state index contributed by atoms with van der Waals surface area (Å²) in [4.78, 5) is 0. The van der Waals surface area contributed by atoms with E-state index in [1.54, 1.807) is 0 Å². The van der Waals surface area contributed by atoms with Gasteiger partial charge in [0.2, 0.25) is 0 Å². The van der Waals surface area contributed by atoms with E-state index in [2.05, 4.69) is 16.0 Å². The van der Waals surface area contributed by atoms with Gasteiger partial charge in [0.15, 0.2) is 0 Å². The summed E-state index contributed by atoms with van der Waals surface area (Å²) in [7, 11) is 0. The first-order chi connectivity index (χ1) is 7.83. The summed E-state index contributed by atoms with van der Waals surface area (Å²) in [6, 6.07) is 0.458. The van der Waals surface area contributed by atoms with Crippen LogP contribution < -0.4 is 5.73 Å². The average Bonchev–Trinajstić information content (AvgIpc) is 2.86. The second kappa shape index (κ2) is 4.21. The molecule has 3 heteroatoms. The van der Waals surface area contributed by atoms with Gasteiger partial charge in [-0.15, -0.1) is 0 Å². The number of hydrogen-bond donors (Lipinski definition) is 1. The van der Waals surface area contributed by atoms with E-state index in [0.29, 0.717) is 6.04 Å². The maximum absolute atomic E-state index is 5.94. The standard InChI is InChI=1S/C13H21N3/c14-12-6-4-10(5-7-12)9-16-13-3-1-2-11(13)8-15-16/h8,10,12H,1-7,9,14H2/t10-,12-. The monoisotopic (exact) mass is 219 g/mol. The van der Waals surface area contributed by atoms with Gasteiger partial charge in [-0.2, -0.15) is 5.10 Å². The molecule has 1 aromatic rings. The van der Waals surface area contributed by atoms with Crippen LogP contribution >= 0.6 is 0 Å². The van der Waals surface area contributed by atoms with Gasteiger partial charge >= 0.3 is 0 Å². The third-order valence-corrected chi connectivity index (χ3v) is 4.22. The Labute approximate surface area is 97.0 Å². The summed E-state index contributed by atoms with van der Waals surface area (Å²) < 4.78 is 2.27. The van der Waals surface area contributed by atoms with Gasteiger partial charge in [0, 0.05) is 18.3 Å². The number of aromatic nitrogens is 2. The molecule has 1 heterocycles. The molecule has 3 rings (SSSR count). The zero-order valence-electron chi connectivity index (χ0n) is 9.86. The number of nitrogens with two attached hydrogens (primary N) is 1. The van der Waals surface area contributed by atoms with Gasteiger partial charge in [-0.05, 0) is 56.4 Å². The number of aryl methyl sites for hydroxylation is 1. The maximum Gasteiger partial charge on any atom is 0.0524 e. The van der Waals surface area contributed by atoms with Crippen molar-refractivity contribution in [3.05, 3.63) is 17.5 Å². The lowest BCUT2D eigenvalue weighted by Crippen LogP contribution is -2.28. The first-order valence-electron chi connectivity index (χ1n) is 6.62. The van der Waals surface area contributed by atoms with Crippen LogP contribution in [0.4, 0.5) is 0 Å². The Bertz CT molecular complexity index is 361. The SMILES string of the molecule is N[C@H]1CC[C@H](Cn2ncc3c2CCC3)CC1. The fraction of sp³-hybridized carbons (Fsp3) is 0.769. The van der Waals surface area contributed by atoms with E-state index in [1.807, 2.05) is 0 Å². The minimum absolute atomic E-state index is 0.458. The fourth-order valence-corrected chi connectivity index (χ4v) is 3.17. The van der Waals surface area contributed by atoms with E-state index in [1.165, 1.54) is 56.2 Å². The maximum atomic E-state index is 5.94. The highest BCUT2D eigenvalue weighted by Gasteiger charge is 2.22. The highest BCUT2D eigenvalue weighted by atomic mass is 15.3. The lowest BCUT2D eigenvalue weighted by Gasteiger charge is -2.26. The summed E-state index contributed by atoms with van der Waals surface area (Å²) in [5, 5.41) is 4.54. The van der Waals surface area contributed by atoms with Gasteiger partial charge in [-0.1, -0.05) is 0 Å². The molecular weight excluding hydrogens is 198 g/mol. The van der Waals surface area contributed by atoms with Crippen molar-refractivity contribution in [2.45, 2.75) is 57.5 Å². The predicted molar refractivity (Wildman–Crippen MR) is 64.2 cm³/mol. The molecule has 0 saturated heterocycles. The van der Waals surface area contributed by atoms with Gasteiger partial charge < -0.3 is 5.73 Å². The third-order valence-electron chi connectivity index (χ3n) is 4.22. The molecule has 1 saturated carbocycles. The molecule has 3 nitrogen and oxygen atoms in total. The first-order valence-corrected chi connectivity index (χ1v) is 6.62. The smallest absolute Gasteiger partial charge is 0.0524 e. The van der Waals surface area contributed by atoms with Gasteiger partial charge in [0.1, 0.15) is 0 Å². The van der Waals surface area contributed by atoms with Crippen LogP contribution in [0, 0.1) is 5.92 Å². The molecule has 1 aromatic heterocycles. The summed E-state index contributed by atoms with van der Waals surface area (Å²) in [5.41, 5.74) is 8.94. The van der Waals surface area contributed by atoms with E-state index in [9.17, 15) is 0 Å². The molecule has 0 radical (unpaired) electrons. The fourth-order valence-electron chi connectivity index (χ4n) is 3.17. The summed E-state index contributed by atoms with van der Waals surface area (Å²) in [6.45, 7) is 1.13. The van der Waals surface area contributed by atoms with Crippen LogP contribution in [-0.4, -0.2) is 15.8 Å². The van der Waals surface area contributed by atoms with Crippen molar-refractivity contribution in [1.29, 1.82) is 0 Å². The van der Waals surface area contributed by atoms with E-state index < -0.39 is 0 Å². The molecule has 0 aromatic carbocycles. The van der Waals surface area contributed by atoms with Crippen molar-refractivity contribution in [3.63, 3.8) is 0 Å². The topological polar surface area (TPSA) is 43.8 Å². The van der Waals surface area contributed by atoms with Crippen LogP contribution in [0.3, 0.4) is 0 Å². The molecule has 0 atom stereocenters. The molecular formula is C13H21N3. The number of rotatable bonds is 2. The largest absolute Gasteiger partial charge is 0.328 e. The predicted octanol–water partition coefficient (Wildman–Crippen LogP) is 1.89. The van der Waals surface area contributed by atoms with Crippen molar-refractivity contribution in [1.82, 2.24) is 9.78 Å². The minimum Gasteiger partial charge on any atom is -0.328 e. The van der Waals surface area contributed by atoms with Crippen LogP contribution in [0.15, 0.2) is 6.20 Å². The van der Waals surface area contributed by atoms with Crippen molar-refractivity contribution in [2.24, 2.45) is 11.7 Å². The average molecular weight is 219 g/mol. The van der Waals surface area contributed by atoms with Crippen LogP contribution in [0.1, 0.15) is 43.4 Å². The highest BCUT2D eigenvalue weighted by Crippen LogP contribution is 2.27. The van der Waals surface area contributed by atoms with Gasteiger partial charge in [-0.3, -0.25) is 4.68 Å². The Hall–Kier alpha value is -0.830. The molecule has 0 aliphatic heterocycles. The summed E-state index contributed by atoms with van der Waals surface area (Å²) in [6.07, 6.45) is 10.9. The molecule has 0 unspecified atom stereocenters. The van der Waals surface area contributed by atoms with E-state index in [4.69, 9.17) is 5.73 Å². The van der Waals surface area contributed by atoms with Crippen molar-refractivity contribution in [3.8, 4) is 0 Å². The molecule has 2 aliphatic carbocycles. The molecule has 16 heavy (non-hydrogen) atoms. The van der Waals surface area contributed by atoms with Gasteiger partial charge in [0.25, 0.3) is 0 Å². The highest BCUT2D eigenvalue weighted by molar-refractivity contribution is 5.22. The molecule has 0 spiro atoms. The van der Waals surface area contributed by atoms with Crippen LogP contribution in [0.2, 0.25) is 0 Å². The second-order valence-corrected chi connectivity index (χ2v) is 5.43. The molecule has 1 fully saturated rings. The Morgan fingerprint density at radius 2 is 2.06 bits per heavy atom. The minimum atomic E-state index is 0.458. The normalized spacial score (nSPS) is 29.3. The number of fused-ring (bicyclic) bond motifs is 1. The van der Waals surface area contributed by atoms with Gasteiger partial charge in [0.05, 0.1) is 6.20 Å². The zero-order chi connectivity index (χ0) is 11.0. The summed E-state index contributed by atoms with van der Waals surface area (Å²) >= 11 is 0. The lowest BCUT2D eigenvalue weighted by molar-refractivity contribution is 0.283. The Morgan fingerprint density at radius 1 is 1.25 bits per heavy atom. The quantitative estimate of drug-likeness (QED) is 0.825. The van der Waals surface area contributed by atoms with Crippen molar-refractivity contribution in [2.75, 3.05) is 0 Å². The van der Waals surface area contributed by atoms with Crippen molar-refractivity contribution >= 4 is 0 Å². The Morgan fingerprint density at radius 3 is 2.88 bits per heavy atom. The second-order valence-electron chi connectivity index (χ2n) is 5.43. The molecule has 0 bridgehead atoms.